The van der Waals surface area contributed by atoms with E-state index in [2.05, 4.69) is 0 Å². The fourth-order valence-corrected chi connectivity index (χ4v) is 2.68. The van der Waals surface area contributed by atoms with Crippen LogP contribution in [0.2, 0.25) is 0 Å². The molecule has 1 heterocycles. The number of likely N-dealkylation sites (tertiary alicyclic amines) is 1. The molecule has 1 aliphatic rings. The molecule has 1 aliphatic heterocycles. The van der Waals surface area contributed by atoms with Crippen LogP contribution in [0.15, 0.2) is 18.2 Å². The van der Waals surface area contributed by atoms with Crippen LogP contribution in [0, 0.1) is 17.2 Å². The Labute approximate surface area is 121 Å². The molecule has 0 amide bonds. The monoisotopic (exact) mass is 298 g/mol. The van der Waals surface area contributed by atoms with Crippen molar-refractivity contribution in [2.75, 3.05) is 20.2 Å². The lowest BCUT2D eigenvalue weighted by Gasteiger charge is -2.33. The standard InChI is InChI=1S/C15H17F3N2O/c1-21-14-5-4-11(8-19)7-12(14)9-20-6-2-3-13(10-20)15(16,17)18/h4-5,7,13H,2-3,6,9-10H2,1H3. The van der Waals surface area contributed by atoms with Crippen molar-refractivity contribution in [2.45, 2.75) is 25.6 Å². The molecule has 1 unspecified atom stereocenters. The number of rotatable bonds is 3. The number of ether oxygens (including phenoxy) is 1. The van der Waals surface area contributed by atoms with Crippen LogP contribution < -0.4 is 4.74 Å². The van der Waals surface area contributed by atoms with E-state index in [-0.39, 0.29) is 13.0 Å². The average molecular weight is 298 g/mol. The number of alkyl halides is 3. The molecular weight excluding hydrogens is 281 g/mol. The summed E-state index contributed by atoms with van der Waals surface area (Å²) < 4.78 is 43.7. The second-order valence-corrected chi connectivity index (χ2v) is 5.25. The van der Waals surface area contributed by atoms with Gasteiger partial charge in [0, 0.05) is 18.7 Å². The number of hydrogen-bond donors (Lipinski definition) is 0. The van der Waals surface area contributed by atoms with Crippen molar-refractivity contribution in [1.82, 2.24) is 4.90 Å². The molecule has 0 N–H and O–H groups in total. The summed E-state index contributed by atoms with van der Waals surface area (Å²) in [5.74, 6) is -0.667. The number of piperidine rings is 1. The van der Waals surface area contributed by atoms with Gasteiger partial charge in [-0.25, -0.2) is 0 Å². The minimum Gasteiger partial charge on any atom is -0.496 e. The molecule has 1 aromatic carbocycles. The van der Waals surface area contributed by atoms with Crippen molar-refractivity contribution in [3.63, 3.8) is 0 Å². The third-order valence-electron chi connectivity index (χ3n) is 3.77. The largest absolute Gasteiger partial charge is 0.496 e. The van der Waals surface area contributed by atoms with E-state index in [4.69, 9.17) is 10.00 Å². The molecule has 1 aromatic rings. The Morgan fingerprint density at radius 1 is 1.43 bits per heavy atom. The topological polar surface area (TPSA) is 36.3 Å². The summed E-state index contributed by atoms with van der Waals surface area (Å²) in [6, 6.07) is 7.03. The average Bonchev–Trinajstić information content (AvgIpc) is 2.46. The third-order valence-corrected chi connectivity index (χ3v) is 3.77. The van der Waals surface area contributed by atoms with Gasteiger partial charge < -0.3 is 4.74 Å². The molecule has 21 heavy (non-hydrogen) atoms. The normalized spacial score (nSPS) is 20.0. The maximum atomic E-state index is 12.8. The Bertz CT molecular complexity index is 537. The number of benzene rings is 1. The van der Waals surface area contributed by atoms with Gasteiger partial charge in [0.25, 0.3) is 0 Å². The van der Waals surface area contributed by atoms with Crippen molar-refractivity contribution in [3.8, 4) is 11.8 Å². The summed E-state index contributed by atoms with van der Waals surface area (Å²) in [6.07, 6.45) is -3.42. The van der Waals surface area contributed by atoms with Gasteiger partial charge in [0.05, 0.1) is 24.7 Å². The van der Waals surface area contributed by atoms with E-state index in [0.717, 1.165) is 5.56 Å². The first kappa shape index (κ1) is 15.6. The highest BCUT2D eigenvalue weighted by Crippen LogP contribution is 2.34. The van der Waals surface area contributed by atoms with Crippen LogP contribution in [0.25, 0.3) is 0 Å². The molecule has 3 nitrogen and oxygen atoms in total. The number of halogens is 3. The Hall–Kier alpha value is -1.74. The molecule has 1 fully saturated rings. The van der Waals surface area contributed by atoms with Gasteiger partial charge >= 0.3 is 6.18 Å². The lowest BCUT2D eigenvalue weighted by atomic mass is 9.97. The minimum atomic E-state index is -4.14. The predicted octanol–water partition coefficient (Wildman–Crippen LogP) is 3.34. The molecule has 0 spiro atoms. The van der Waals surface area contributed by atoms with E-state index in [1.54, 1.807) is 23.1 Å². The van der Waals surface area contributed by atoms with Crippen LogP contribution in [0.5, 0.6) is 5.75 Å². The summed E-state index contributed by atoms with van der Waals surface area (Å²) in [4.78, 5) is 1.78. The molecule has 1 saturated heterocycles. The predicted molar refractivity (Wildman–Crippen MR) is 71.8 cm³/mol. The maximum Gasteiger partial charge on any atom is 0.393 e. The van der Waals surface area contributed by atoms with Crippen LogP contribution in [0.3, 0.4) is 0 Å². The summed E-state index contributed by atoms with van der Waals surface area (Å²) in [6.45, 7) is 1.00. The van der Waals surface area contributed by atoms with E-state index in [1.807, 2.05) is 6.07 Å². The summed E-state index contributed by atoms with van der Waals surface area (Å²) >= 11 is 0. The highest BCUT2D eigenvalue weighted by molar-refractivity contribution is 5.42. The quantitative estimate of drug-likeness (QED) is 0.858. The zero-order chi connectivity index (χ0) is 15.5. The van der Waals surface area contributed by atoms with Gasteiger partial charge in [0.2, 0.25) is 0 Å². The lowest BCUT2D eigenvalue weighted by molar-refractivity contribution is -0.187. The van der Waals surface area contributed by atoms with Crippen LogP contribution >= 0.6 is 0 Å². The van der Waals surface area contributed by atoms with E-state index in [1.165, 1.54) is 7.11 Å². The molecule has 2 rings (SSSR count). The molecule has 114 valence electrons. The molecule has 0 aromatic heterocycles. The fraction of sp³-hybridized carbons (Fsp3) is 0.533. The van der Waals surface area contributed by atoms with Crippen molar-refractivity contribution in [1.29, 1.82) is 5.26 Å². The van der Waals surface area contributed by atoms with Gasteiger partial charge in [-0.3, -0.25) is 4.90 Å². The fourth-order valence-electron chi connectivity index (χ4n) is 2.68. The molecule has 1 atom stereocenters. The van der Waals surface area contributed by atoms with Gasteiger partial charge in [0.15, 0.2) is 0 Å². The van der Waals surface area contributed by atoms with Gasteiger partial charge in [-0.2, -0.15) is 18.4 Å². The number of nitriles is 1. The molecule has 0 saturated carbocycles. The zero-order valence-corrected chi connectivity index (χ0v) is 11.8. The van der Waals surface area contributed by atoms with Gasteiger partial charge in [-0.15, -0.1) is 0 Å². The summed E-state index contributed by atoms with van der Waals surface area (Å²) in [7, 11) is 1.51. The first-order valence-electron chi connectivity index (χ1n) is 6.80. The molecule has 0 aliphatic carbocycles. The lowest BCUT2D eigenvalue weighted by Crippen LogP contribution is -2.41. The smallest absolute Gasteiger partial charge is 0.393 e. The van der Waals surface area contributed by atoms with Crippen LogP contribution in [0.4, 0.5) is 13.2 Å². The second kappa shape index (κ2) is 6.35. The van der Waals surface area contributed by atoms with Gasteiger partial charge in [-0.1, -0.05) is 0 Å². The second-order valence-electron chi connectivity index (χ2n) is 5.25. The molecular formula is C15H17F3N2O. The van der Waals surface area contributed by atoms with Crippen molar-refractivity contribution < 1.29 is 17.9 Å². The molecule has 0 radical (unpaired) electrons. The van der Waals surface area contributed by atoms with Crippen LogP contribution in [-0.4, -0.2) is 31.3 Å². The zero-order valence-electron chi connectivity index (χ0n) is 11.8. The van der Waals surface area contributed by atoms with E-state index >= 15 is 0 Å². The Morgan fingerprint density at radius 3 is 2.81 bits per heavy atom. The van der Waals surface area contributed by atoms with E-state index in [9.17, 15) is 13.2 Å². The van der Waals surface area contributed by atoms with E-state index < -0.39 is 12.1 Å². The first-order valence-corrected chi connectivity index (χ1v) is 6.80. The minimum absolute atomic E-state index is 0.00341. The Morgan fingerprint density at radius 2 is 2.19 bits per heavy atom. The Kier molecular flexibility index (Phi) is 4.73. The summed E-state index contributed by atoms with van der Waals surface area (Å²) in [5.41, 5.74) is 1.23. The highest BCUT2D eigenvalue weighted by Gasteiger charge is 2.41. The van der Waals surface area contributed by atoms with Gasteiger partial charge in [-0.05, 0) is 37.6 Å². The SMILES string of the molecule is COc1ccc(C#N)cc1CN1CCCC(C(F)(F)F)C1. The van der Waals surface area contributed by atoms with Crippen molar-refractivity contribution >= 4 is 0 Å². The summed E-state index contributed by atoms with van der Waals surface area (Å²) in [5, 5.41) is 8.93. The number of methoxy groups -OCH3 is 1. The highest BCUT2D eigenvalue weighted by atomic mass is 19.4. The van der Waals surface area contributed by atoms with Crippen LogP contribution in [-0.2, 0) is 6.54 Å². The van der Waals surface area contributed by atoms with Crippen molar-refractivity contribution in [3.05, 3.63) is 29.3 Å². The number of nitrogens with zero attached hydrogens (tertiary/aromatic N) is 2. The van der Waals surface area contributed by atoms with Crippen LogP contribution in [0.1, 0.15) is 24.0 Å². The molecule has 6 heteroatoms. The van der Waals surface area contributed by atoms with E-state index in [0.29, 0.717) is 30.8 Å². The van der Waals surface area contributed by atoms with Gasteiger partial charge in [0.1, 0.15) is 5.75 Å². The Balaban J connectivity index is 2.12. The molecule has 0 bridgehead atoms. The number of hydrogen-bond acceptors (Lipinski definition) is 3. The van der Waals surface area contributed by atoms with Crippen molar-refractivity contribution in [2.24, 2.45) is 5.92 Å². The third kappa shape index (κ3) is 3.88. The maximum absolute atomic E-state index is 12.8. The first-order chi connectivity index (χ1) is 9.94.